The van der Waals surface area contributed by atoms with Gasteiger partial charge >= 0.3 is 0 Å². The normalized spacial score (nSPS) is 17.1. The van der Waals surface area contributed by atoms with Gasteiger partial charge in [-0.1, -0.05) is 12.1 Å². The number of piperidine rings is 1. The predicted octanol–water partition coefficient (Wildman–Crippen LogP) is 2.99. The van der Waals surface area contributed by atoms with Crippen LogP contribution in [0.3, 0.4) is 0 Å². The SMILES string of the molecule is O=C(COc1ccccc1F)N1CCCC(c2cc(C(F)F)n3ncnc3n2)C1. The summed E-state index contributed by atoms with van der Waals surface area (Å²) in [5, 5.41) is 3.78. The zero-order chi connectivity index (χ0) is 20.4. The van der Waals surface area contributed by atoms with Crippen molar-refractivity contribution in [3.63, 3.8) is 0 Å². The van der Waals surface area contributed by atoms with Crippen molar-refractivity contribution in [3.8, 4) is 5.75 Å². The molecule has 1 fully saturated rings. The molecule has 1 aromatic carbocycles. The van der Waals surface area contributed by atoms with Crippen molar-refractivity contribution in [2.45, 2.75) is 25.2 Å². The van der Waals surface area contributed by atoms with Gasteiger partial charge in [-0.2, -0.15) is 14.6 Å². The molecule has 29 heavy (non-hydrogen) atoms. The maximum Gasteiger partial charge on any atom is 0.280 e. The van der Waals surface area contributed by atoms with Crippen molar-refractivity contribution < 1.29 is 22.7 Å². The van der Waals surface area contributed by atoms with Crippen molar-refractivity contribution in [2.24, 2.45) is 0 Å². The number of halogens is 3. The van der Waals surface area contributed by atoms with Crippen LogP contribution in [-0.2, 0) is 4.79 Å². The van der Waals surface area contributed by atoms with E-state index in [1.165, 1.54) is 30.6 Å². The summed E-state index contributed by atoms with van der Waals surface area (Å²) in [5.41, 5.74) is 0.169. The van der Waals surface area contributed by atoms with E-state index in [2.05, 4.69) is 15.1 Å². The zero-order valence-electron chi connectivity index (χ0n) is 15.3. The topological polar surface area (TPSA) is 72.6 Å². The monoisotopic (exact) mass is 405 g/mol. The molecule has 3 aromatic rings. The second-order valence-corrected chi connectivity index (χ2v) is 6.78. The number of nitrogens with zero attached hydrogens (tertiary/aromatic N) is 5. The second-order valence-electron chi connectivity index (χ2n) is 6.78. The van der Waals surface area contributed by atoms with E-state index in [1.807, 2.05) is 0 Å². The fraction of sp³-hybridized carbons (Fsp3) is 0.368. The quantitative estimate of drug-likeness (QED) is 0.653. The average Bonchev–Trinajstić information content (AvgIpc) is 3.21. The van der Waals surface area contributed by atoms with Gasteiger partial charge in [0.15, 0.2) is 18.2 Å². The zero-order valence-corrected chi connectivity index (χ0v) is 15.3. The van der Waals surface area contributed by atoms with Crippen molar-refractivity contribution >= 4 is 11.7 Å². The Balaban J connectivity index is 1.47. The molecule has 4 rings (SSSR count). The number of hydrogen-bond acceptors (Lipinski definition) is 5. The van der Waals surface area contributed by atoms with Crippen molar-refractivity contribution in [1.29, 1.82) is 0 Å². The Labute approximate surface area is 164 Å². The molecule has 0 radical (unpaired) electrons. The molecule has 0 saturated carbocycles. The average molecular weight is 405 g/mol. The Morgan fingerprint density at radius 2 is 2.14 bits per heavy atom. The Hall–Kier alpha value is -3.17. The number of para-hydroxylation sites is 1. The molecule has 3 heterocycles. The Kier molecular flexibility index (Phi) is 5.32. The Morgan fingerprint density at radius 3 is 2.93 bits per heavy atom. The number of aromatic nitrogens is 4. The van der Waals surface area contributed by atoms with Crippen molar-refractivity contribution in [3.05, 3.63) is 53.9 Å². The van der Waals surface area contributed by atoms with E-state index in [4.69, 9.17) is 4.74 Å². The number of carbonyl (C=O) groups is 1. The molecule has 1 saturated heterocycles. The summed E-state index contributed by atoms with van der Waals surface area (Å²) in [4.78, 5) is 22.4. The van der Waals surface area contributed by atoms with E-state index in [1.54, 1.807) is 11.0 Å². The third-order valence-electron chi connectivity index (χ3n) is 4.90. The minimum absolute atomic E-state index is 0.00918. The van der Waals surface area contributed by atoms with Crippen LogP contribution in [0.15, 0.2) is 36.7 Å². The minimum atomic E-state index is -2.73. The van der Waals surface area contributed by atoms with Crippen LogP contribution in [0.5, 0.6) is 5.75 Å². The summed E-state index contributed by atoms with van der Waals surface area (Å²) in [6.07, 6.45) is -0.150. The standard InChI is InChI=1S/C19H18F3N5O2/c20-13-5-1-2-6-16(13)29-10-17(28)26-7-3-4-12(9-26)14-8-15(18(21)22)27-19(25-14)23-11-24-27/h1-2,5-6,8,11-12,18H,3-4,7,9-10H2. The molecule has 1 atom stereocenters. The van der Waals surface area contributed by atoms with Gasteiger partial charge in [0.05, 0.1) is 5.69 Å². The van der Waals surface area contributed by atoms with Crippen molar-refractivity contribution in [1.82, 2.24) is 24.5 Å². The molecule has 0 bridgehead atoms. The largest absolute Gasteiger partial charge is 0.481 e. The van der Waals surface area contributed by atoms with E-state index < -0.39 is 12.2 Å². The predicted molar refractivity (Wildman–Crippen MR) is 96.2 cm³/mol. The van der Waals surface area contributed by atoms with Gasteiger partial charge < -0.3 is 9.64 Å². The summed E-state index contributed by atoms with van der Waals surface area (Å²) < 4.78 is 46.7. The Bertz CT molecular complexity index is 1030. The molecule has 0 spiro atoms. The van der Waals surface area contributed by atoms with Gasteiger partial charge in [-0.3, -0.25) is 4.79 Å². The summed E-state index contributed by atoms with van der Waals surface area (Å²) >= 11 is 0. The first-order chi connectivity index (χ1) is 14.0. The van der Waals surface area contributed by atoms with Crippen molar-refractivity contribution in [2.75, 3.05) is 19.7 Å². The first-order valence-electron chi connectivity index (χ1n) is 9.16. The number of likely N-dealkylation sites (tertiary alicyclic amines) is 1. The molecular weight excluding hydrogens is 387 g/mol. The molecule has 1 aliphatic rings. The number of fused-ring (bicyclic) bond motifs is 1. The maximum atomic E-state index is 13.6. The van der Waals surface area contributed by atoms with Gasteiger partial charge in [0.1, 0.15) is 12.0 Å². The van der Waals surface area contributed by atoms with Gasteiger partial charge in [-0.25, -0.2) is 18.2 Å². The summed E-state index contributed by atoms with van der Waals surface area (Å²) in [6, 6.07) is 7.18. The fourth-order valence-corrected chi connectivity index (χ4v) is 3.46. The molecule has 2 aromatic heterocycles. The molecule has 1 unspecified atom stereocenters. The number of hydrogen-bond donors (Lipinski definition) is 0. The van der Waals surface area contributed by atoms with Crippen LogP contribution in [0.25, 0.3) is 5.78 Å². The van der Waals surface area contributed by atoms with E-state index in [0.29, 0.717) is 31.6 Å². The number of carbonyl (C=O) groups excluding carboxylic acids is 1. The lowest BCUT2D eigenvalue weighted by Gasteiger charge is -2.32. The number of benzene rings is 1. The number of alkyl halides is 2. The summed E-state index contributed by atoms with van der Waals surface area (Å²) in [5.74, 6) is -0.933. The third-order valence-corrected chi connectivity index (χ3v) is 4.90. The van der Waals surface area contributed by atoms with Crippen LogP contribution in [0, 0.1) is 5.82 Å². The van der Waals surface area contributed by atoms with E-state index in [9.17, 15) is 18.0 Å². The lowest BCUT2D eigenvalue weighted by Crippen LogP contribution is -2.41. The molecular formula is C19H18F3N5O2. The van der Waals surface area contributed by atoms with Gasteiger partial charge in [0.2, 0.25) is 0 Å². The molecule has 152 valence electrons. The first kappa shape index (κ1) is 19.2. The van der Waals surface area contributed by atoms with Gasteiger partial charge in [0, 0.05) is 19.0 Å². The van der Waals surface area contributed by atoms with E-state index >= 15 is 0 Å². The molecule has 1 amide bonds. The Morgan fingerprint density at radius 1 is 1.31 bits per heavy atom. The highest BCUT2D eigenvalue weighted by molar-refractivity contribution is 5.78. The highest BCUT2D eigenvalue weighted by Gasteiger charge is 2.28. The maximum absolute atomic E-state index is 13.6. The first-order valence-corrected chi connectivity index (χ1v) is 9.16. The second kappa shape index (κ2) is 8.06. The van der Waals surface area contributed by atoms with Crippen LogP contribution < -0.4 is 4.74 Å². The highest BCUT2D eigenvalue weighted by Crippen LogP contribution is 2.29. The lowest BCUT2D eigenvalue weighted by atomic mass is 9.94. The number of rotatable bonds is 5. The van der Waals surface area contributed by atoms with Gasteiger partial charge in [-0.05, 0) is 31.0 Å². The van der Waals surface area contributed by atoms with Crippen LogP contribution in [0.2, 0.25) is 0 Å². The van der Waals surface area contributed by atoms with E-state index in [0.717, 1.165) is 4.52 Å². The van der Waals surface area contributed by atoms with Gasteiger partial charge in [0.25, 0.3) is 18.1 Å². The van der Waals surface area contributed by atoms with Gasteiger partial charge in [-0.15, -0.1) is 0 Å². The summed E-state index contributed by atoms with van der Waals surface area (Å²) in [7, 11) is 0. The van der Waals surface area contributed by atoms with E-state index in [-0.39, 0.29) is 35.7 Å². The number of amides is 1. The molecule has 1 aliphatic heterocycles. The molecule has 0 aliphatic carbocycles. The fourth-order valence-electron chi connectivity index (χ4n) is 3.46. The van der Waals surface area contributed by atoms with Crippen LogP contribution in [0.4, 0.5) is 13.2 Å². The molecule has 7 nitrogen and oxygen atoms in total. The third kappa shape index (κ3) is 4.01. The lowest BCUT2D eigenvalue weighted by molar-refractivity contribution is -0.134. The highest BCUT2D eigenvalue weighted by atomic mass is 19.3. The van der Waals surface area contributed by atoms with Crippen LogP contribution in [0.1, 0.15) is 36.6 Å². The minimum Gasteiger partial charge on any atom is -0.481 e. The van der Waals surface area contributed by atoms with Crippen LogP contribution >= 0.6 is 0 Å². The number of ether oxygens (including phenoxy) is 1. The molecule has 10 heteroatoms. The van der Waals surface area contributed by atoms with Crippen LogP contribution in [-0.4, -0.2) is 50.1 Å². The summed E-state index contributed by atoms with van der Waals surface area (Å²) in [6.45, 7) is 0.539. The molecule has 0 N–H and O–H groups in total. The smallest absolute Gasteiger partial charge is 0.280 e.